The van der Waals surface area contributed by atoms with Gasteiger partial charge in [-0.1, -0.05) is 0 Å². The van der Waals surface area contributed by atoms with E-state index in [1.165, 1.54) is 25.9 Å². The van der Waals surface area contributed by atoms with Crippen molar-refractivity contribution >= 4 is 11.8 Å². The summed E-state index contributed by atoms with van der Waals surface area (Å²) in [7, 11) is 2.20. The summed E-state index contributed by atoms with van der Waals surface area (Å²) in [4.78, 5) is 2.40. The zero-order valence-electron chi connectivity index (χ0n) is 8.34. The van der Waals surface area contributed by atoms with Gasteiger partial charge in [-0.3, -0.25) is 0 Å². The first kappa shape index (κ1) is 10.4. The van der Waals surface area contributed by atoms with Gasteiger partial charge in [0.2, 0.25) is 0 Å². The Morgan fingerprint density at radius 2 is 2.00 bits per heavy atom. The number of rotatable bonds is 3. The molecule has 0 aromatic carbocycles. The van der Waals surface area contributed by atoms with Crippen LogP contribution in [0.3, 0.4) is 0 Å². The maximum Gasteiger partial charge on any atom is 0.0502 e. The van der Waals surface area contributed by atoms with E-state index in [1.54, 1.807) is 0 Å². The van der Waals surface area contributed by atoms with Crippen LogP contribution in [0.2, 0.25) is 0 Å². The van der Waals surface area contributed by atoms with Gasteiger partial charge >= 0.3 is 0 Å². The van der Waals surface area contributed by atoms with Gasteiger partial charge in [-0.25, -0.2) is 0 Å². The lowest BCUT2D eigenvalue weighted by atomic mass is 10.1. The lowest BCUT2D eigenvalue weighted by Crippen LogP contribution is -2.43. The molecule has 1 fully saturated rings. The zero-order valence-corrected chi connectivity index (χ0v) is 9.16. The molecule has 0 spiro atoms. The molecule has 0 bridgehead atoms. The summed E-state index contributed by atoms with van der Waals surface area (Å²) in [5.74, 6) is 0. The lowest BCUT2D eigenvalue weighted by Gasteiger charge is -2.31. The fourth-order valence-electron chi connectivity index (χ4n) is 1.58. The SMILES string of the molecule is CSC(C)NC1CCN(C)CC1. The van der Waals surface area contributed by atoms with Crippen molar-refractivity contribution in [3.8, 4) is 0 Å². The smallest absolute Gasteiger partial charge is 0.0502 e. The van der Waals surface area contributed by atoms with E-state index >= 15 is 0 Å². The Bertz CT molecular complexity index is 122. The minimum atomic E-state index is 0.610. The Labute approximate surface area is 80.1 Å². The summed E-state index contributed by atoms with van der Waals surface area (Å²) in [5.41, 5.74) is 0. The molecule has 1 aliphatic heterocycles. The van der Waals surface area contributed by atoms with Crippen molar-refractivity contribution in [2.75, 3.05) is 26.4 Å². The first-order valence-electron chi connectivity index (χ1n) is 4.69. The number of thioether (sulfide) groups is 1. The number of hydrogen-bond acceptors (Lipinski definition) is 3. The van der Waals surface area contributed by atoms with E-state index in [2.05, 4.69) is 30.4 Å². The van der Waals surface area contributed by atoms with Gasteiger partial charge in [0.05, 0.1) is 5.37 Å². The van der Waals surface area contributed by atoms with E-state index in [1.807, 2.05) is 11.8 Å². The Hall–Kier alpha value is 0.270. The number of nitrogens with zero attached hydrogens (tertiary/aromatic N) is 1. The summed E-state index contributed by atoms with van der Waals surface area (Å²) >= 11 is 1.89. The minimum Gasteiger partial charge on any atom is -0.306 e. The van der Waals surface area contributed by atoms with Crippen molar-refractivity contribution in [1.82, 2.24) is 10.2 Å². The quantitative estimate of drug-likeness (QED) is 0.674. The van der Waals surface area contributed by atoms with E-state index in [-0.39, 0.29) is 0 Å². The molecule has 1 atom stereocenters. The van der Waals surface area contributed by atoms with Crippen LogP contribution >= 0.6 is 11.8 Å². The zero-order chi connectivity index (χ0) is 8.97. The molecule has 0 aliphatic carbocycles. The maximum absolute atomic E-state index is 3.63. The molecule has 1 saturated heterocycles. The number of hydrogen-bond donors (Lipinski definition) is 1. The predicted molar refractivity (Wildman–Crippen MR) is 56.6 cm³/mol. The summed E-state index contributed by atoms with van der Waals surface area (Å²) in [6, 6.07) is 0.753. The van der Waals surface area contributed by atoms with Crippen molar-refractivity contribution in [1.29, 1.82) is 0 Å². The van der Waals surface area contributed by atoms with Crippen LogP contribution in [0.15, 0.2) is 0 Å². The molecular weight excluding hydrogens is 168 g/mol. The molecule has 1 unspecified atom stereocenters. The van der Waals surface area contributed by atoms with E-state index in [0.29, 0.717) is 5.37 Å². The summed E-state index contributed by atoms with van der Waals surface area (Å²) in [6.07, 6.45) is 4.77. The van der Waals surface area contributed by atoms with Gasteiger partial charge in [0.25, 0.3) is 0 Å². The van der Waals surface area contributed by atoms with Gasteiger partial charge in [-0.15, -0.1) is 11.8 Å². The number of piperidine rings is 1. The van der Waals surface area contributed by atoms with Crippen molar-refractivity contribution < 1.29 is 0 Å². The first-order valence-corrected chi connectivity index (χ1v) is 5.98. The second kappa shape index (κ2) is 5.10. The molecule has 3 heteroatoms. The van der Waals surface area contributed by atoms with E-state index < -0.39 is 0 Å². The predicted octanol–water partition coefficient (Wildman–Crippen LogP) is 1.38. The first-order chi connectivity index (χ1) is 5.72. The molecular formula is C9H20N2S. The molecule has 1 heterocycles. The third-order valence-corrected chi connectivity index (χ3v) is 3.39. The van der Waals surface area contributed by atoms with Crippen LogP contribution in [-0.4, -0.2) is 42.7 Å². The molecule has 1 N–H and O–H groups in total. The summed E-state index contributed by atoms with van der Waals surface area (Å²) in [5, 5.41) is 4.23. The monoisotopic (exact) mass is 188 g/mol. The third-order valence-electron chi connectivity index (χ3n) is 2.54. The summed E-state index contributed by atoms with van der Waals surface area (Å²) in [6.45, 7) is 4.74. The van der Waals surface area contributed by atoms with Crippen LogP contribution in [0.4, 0.5) is 0 Å². The van der Waals surface area contributed by atoms with Crippen LogP contribution in [0.5, 0.6) is 0 Å². The highest BCUT2D eigenvalue weighted by Gasteiger charge is 2.17. The lowest BCUT2D eigenvalue weighted by molar-refractivity contribution is 0.234. The molecule has 1 aliphatic rings. The van der Waals surface area contributed by atoms with Gasteiger partial charge in [-0.2, -0.15) is 0 Å². The molecule has 0 amide bonds. The van der Waals surface area contributed by atoms with Crippen molar-refractivity contribution in [3.05, 3.63) is 0 Å². The molecule has 0 saturated carbocycles. The number of nitrogens with one attached hydrogen (secondary N) is 1. The standard InChI is InChI=1S/C9H20N2S/c1-8(12-3)10-9-4-6-11(2)7-5-9/h8-10H,4-7H2,1-3H3. The van der Waals surface area contributed by atoms with Gasteiger partial charge in [-0.05, 0) is 46.2 Å². The molecule has 72 valence electrons. The van der Waals surface area contributed by atoms with Crippen LogP contribution < -0.4 is 5.32 Å². The Morgan fingerprint density at radius 3 is 2.50 bits per heavy atom. The Balaban J connectivity index is 2.17. The van der Waals surface area contributed by atoms with Gasteiger partial charge in [0.1, 0.15) is 0 Å². The molecule has 1 rings (SSSR count). The van der Waals surface area contributed by atoms with Crippen LogP contribution in [0, 0.1) is 0 Å². The molecule has 0 aromatic heterocycles. The van der Waals surface area contributed by atoms with Crippen molar-refractivity contribution in [2.24, 2.45) is 0 Å². The van der Waals surface area contributed by atoms with Crippen molar-refractivity contribution in [2.45, 2.75) is 31.2 Å². The molecule has 0 radical (unpaired) electrons. The highest BCUT2D eigenvalue weighted by atomic mass is 32.2. The Morgan fingerprint density at radius 1 is 1.42 bits per heavy atom. The maximum atomic E-state index is 3.63. The van der Waals surface area contributed by atoms with Gasteiger partial charge in [0.15, 0.2) is 0 Å². The van der Waals surface area contributed by atoms with Gasteiger partial charge < -0.3 is 10.2 Å². The normalized spacial score (nSPS) is 24.2. The topological polar surface area (TPSA) is 15.3 Å². The van der Waals surface area contributed by atoms with Crippen molar-refractivity contribution in [3.63, 3.8) is 0 Å². The largest absolute Gasteiger partial charge is 0.306 e. The average Bonchev–Trinajstić information content (AvgIpc) is 2.09. The second-order valence-electron chi connectivity index (χ2n) is 3.62. The number of likely N-dealkylation sites (tertiary alicyclic amines) is 1. The molecule has 12 heavy (non-hydrogen) atoms. The van der Waals surface area contributed by atoms with Crippen LogP contribution in [-0.2, 0) is 0 Å². The van der Waals surface area contributed by atoms with Crippen LogP contribution in [0.1, 0.15) is 19.8 Å². The molecule has 0 aromatic rings. The van der Waals surface area contributed by atoms with Crippen LogP contribution in [0.25, 0.3) is 0 Å². The Kier molecular flexibility index (Phi) is 4.40. The van der Waals surface area contributed by atoms with E-state index in [9.17, 15) is 0 Å². The van der Waals surface area contributed by atoms with E-state index in [4.69, 9.17) is 0 Å². The van der Waals surface area contributed by atoms with Gasteiger partial charge in [0, 0.05) is 6.04 Å². The fraction of sp³-hybridized carbons (Fsp3) is 1.00. The second-order valence-corrected chi connectivity index (χ2v) is 4.80. The molecule has 2 nitrogen and oxygen atoms in total. The third kappa shape index (κ3) is 3.33. The summed E-state index contributed by atoms with van der Waals surface area (Å²) < 4.78 is 0. The van der Waals surface area contributed by atoms with E-state index in [0.717, 1.165) is 6.04 Å². The highest BCUT2D eigenvalue weighted by molar-refractivity contribution is 7.99. The minimum absolute atomic E-state index is 0.610. The highest BCUT2D eigenvalue weighted by Crippen LogP contribution is 2.11. The fourth-order valence-corrected chi connectivity index (χ4v) is 1.90. The average molecular weight is 188 g/mol.